The number of anilines is 2. The van der Waals surface area contributed by atoms with Gasteiger partial charge in [-0.2, -0.15) is 0 Å². The molecule has 40 heavy (non-hydrogen) atoms. The van der Waals surface area contributed by atoms with Crippen molar-refractivity contribution in [2.24, 2.45) is 5.41 Å². The Bertz CT molecular complexity index is 1230. The fraction of sp³-hybridized carbons (Fsp3) is 0.406. The molecular weight excluding hydrogens is 502 g/mol. The monoisotopic (exact) mass is 543 g/mol. The molecule has 0 bridgehead atoms. The first-order chi connectivity index (χ1) is 19.5. The highest BCUT2D eigenvalue weighted by Gasteiger charge is 2.41. The highest BCUT2D eigenvalue weighted by Crippen LogP contribution is 2.36. The lowest BCUT2D eigenvalue weighted by molar-refractivity contribution is -0.129. The van der Waals surface area contributed by atoms with Gasteiger partial charge in [-0.1, -0.05) is 49.4 Å². The van der Waals surface area contributed by atoms with E-state index in [0.29, 0.717) is 11.8 Å². The average Bonchev–Trinajstić information content (AvgIpc) is 3.64. The summed E-state index contributed by atoms with van der Waals surface area (Å²) in [4.78, 5) is 27.7. The lowest BCUT2D eigenvalue weighted by Crippen LogP contribution is -2.34. The summed E-state index contributed by atoms with van der Waals surface area (Å²) >= 11 is 0. The second-order valence-corrected chi connectivity index (χ2v) is 10.7. The smallest absolute Gasteiger partial charge is 0.290 e. The Morgan fingerprint density at radius 3 is 2.50 bits per heavy atom. The minimum atomic E-state index is -0.250. The summed E-state index contributed by atoms with van der Waals surface area (Å²) in [6, 6.07) is 20.7. The number of nitrogens with zero attached hydrogens (tertiary/aromatic N) is 2. The van der Waals surface area contributed by atoms with E-state index in [1.807, 2.05) is 36.5 Å². The maximum absolute atomic E-state index is 12.7. The Balaban J connectivity index is 0.000000284. The van der Waals surface area contributed by atoms with Crippen molar-refractivity contribution in [3.63, 3.8) is 0 Å². The zero-order valence-corrected chi connectivity index (χ0v) is 23.4. The Labute approximate surface area is 237 Å². The Kier molecular flexibility index (Phi) is 10.7. The van der Waals surface area contributed by atoms with Crippen molar-refractivity contribution in [1.29, 1.82) is 0 Å². The first kappa shape index (κ1) is 29.2. The topological polar surface area (TPSA) is 107 Å². The molecule has 0 saturated carbocycles. The van der Waals surface area contributed by atoms with Crippen LogP contribution in [0, 0.1) is 5.41 Å². The van der Waals surface area contributed by atoms with Gasteiger partial charge in [0.2, 0.25) is 5.91 Å². The Morgan fingerprint density at radius 2 is 1.82 bits per heavy atom. The molecule has 2 aromatic carbocycles. The van der Waals surface area contributed by atoms with Gasteiger partial charge in [-0.25, -0.2) is 4.98 Å². The fourth-order valence-corrected chi connectivity index (χ4v) is 5.58. The van der Waals surface area contributed by atoms with Crippen LogP contribution in [-0.4, -0.2) is 60.1 Å². The van der Waals surface area contributed by atoms with Gasteiger partial charge in [-0.05, 0) is 79.2 Å². The van der Waals surface area contributed by atoms with E-state index < -0.39 is 0 Å². The van der Waals surface area contributed by atoms with E-state index in [1.54, 1.807) is 0 Å². The van der Waals surface area contributed by atoms with E-state index in [0.717, 1.165) is 75.6 Å². The van der Waals surface area contributed by atoms with E-state index in [2.05, 4.69) is 63.1 Å². The van der Waals surface area contributed by atoms with Gasteiger partial charge in [0.25, 0.3) is 6.47 Å². The summed E-state index contributed by atoms with van der Waals surface area (Å²) in [5.74, 6) is 1.11. The normalized spacial score (nSPS) is 19.1. The molecule has 1 aromatic heterocycles. The van der Waals surface area contributed by atoms with Crippen LogP contribution in [0.25, 0.3) is 0 Å². The molecule has 1 atom stereocenters. The SMILES string of the molecule is CCc1ccccc1.O=C(Cc1ccc(Nc2cc3c(cn2)CCNC3)cc1)N1CCC2(CCNC2)C1.O=CO. The van der Waals surface area contributed by atoms with Crippen molar-refractivity contribution in [2.45, 2.75) is 45.6 Å². The van der Waals surface area contributed by atoms with Crippen LogP contribution in [0.2, 0.25) is 0 Å². The van der Waals surface area contributed by atoms with Crippen molar-refractivity contribution in [3.8, 4) is 0 Å². The van der Waals surface area contributed by atoms with Gasteiger partial charge >= 0.3 is 0 Å². The van der Waals surface area contributed by atoms with Crippen molar-refractivity contribution < 1.29 is 14.7 Å². The van der Waals surface area contributed by atoms with Crippen LogP contribution >= 0.6 is 0 Å². The molecule has 3 aromatic rings. The number of nitrogens with one attached hydrogen (secondary N) is 3. The fourth-order valence-electron chi connectivity index (χ4n) is 5.58. The van der Waals surface area contributed by atoms with Gasteiger partial charge in [0.15, 0.2) is 0 Å². The first-order valence-electron chi connectivity index (χ1n) is 14.2. The number of aryl methyl sites for hydroxylation is 1. The van der Waals surface area contributed by atoms with Crippen molar-refractivity contribution in [3.05, 3.63) is 89.1 Å². The zero-order valence-electron chi connectivity index (χ0n) is 23.4. The van der Waals surface area contributed by atoms with Gasteiger partial charge in [0.1, 0.15) is 5.82 Å². The molecule has 8 nitrogen and oxygen atoms in total. The third kappa shape index (κ3) is 8.13. The van der Waals surface area contributed by atoms with Crippen LogP contribution in [0.4, 0.5) is 11.5 Å². The summed E-state index contributed by atoms with van der Waals surface area (Å²) in [7, 11) is 0. The first-order valence-corrected chi connectivity index (χ1v) is 14.2. The van der Waals surface area contributed by atoms with Crippen LogP contribution in [0.1, 0.15) is 42.0 Å². The number of carboxylic acid groups (broad SMARTS) is 1. The molecule has 0 aliphatic carbocycles. The number of rotatable bonds is 5. The maximum Gasteiger partial charge on any atom is 0.290 e. The second kappa shape index (κ2) is 14.6. The predicted molar refractivity (Wildman–Crippen MR) is 159 cm³/mol. The maximum atomic E-state index is 12.7. The molecule has 0 radical (unpaired) electrons. The molecule has 1 amide bonds. The molecule has 4 heterocycles. The van der Waals surface area contributed by atoms with Crippen LogP contribution in [-0.2, 0) is 35.4 Å². The van der Waals surface area contributed by atoms with Gasteiger partial charge in [0, 0.05) is 43.5 Å². The van der Waals surface area contributed by atoms with E-state index in [-0.39, 0.29) is 12.4 Å². The van der Waals surface area contributed by atoms with Gasteiger partial charge in [-0.15, -0.1) is 0 Å². The second-order valence-electron chi connectivity index (χ2n) is 10.7. The minimum absolute atomic E-state index is 0.248. The number of benzene rings is 2. The molecule has 1 unspecified atom stereocenters. The van der Waals surface area contributed by atoms with Crippen LogP contribution < -0.4 is 16.0 Å². The molecule has 8 heteroatoms. The van der Waals surface area contributed by atoms with E-state index in [4.69, 9.17) is 9.90 Å². The summed E-state index contributed by atoms with van der Waals surface area (Å²) in [6.45, 7) is 7.81. The number of carbonyl (C=O) groups excluding carboxylic acids is 1. The number of hydrogen-bond acceptors (Lipinski definition) is 6. The largest absolute Gasteiger partial charge is 0.483 e. The summed E-state index contributed by atoms with van der Waals surface area (Å²) in [6.07, 6.45) is 6.98. The molecule has 4 N–H and O–H groups in total. The van der Waals surface area contributed by atoms with E-state index >= 15 is 0 Å². The quantitative estimate of drug-likeness (QED) is 0.358. The van der Waals surface area contributed by atoms with Crippen LogP contribution in [0.3, 0.4) is 0 Å². The Hall–Kier alpha value is -3.75. The van der Waals surface area contributed by atoms with E-state index in [1.165, 1.54) is 23.1 Å². The predicted octanol–water partition coefficient (Wildman–Crippen LogP) is 4.18. The van der Waals surface area contributed by atoms with Crippen molar-refractivity contribution in [1.82, 2.24) is 20.5 Å². The highest BCUT2D eigenvalue weighted by molar-refractivity contribution is 5.79. The lowest BCUT2D eigenvalue weighted by Gasteiger charge is -2.22. The van der Waals surface area contributed by atoms with Gasteiger partial charge in [0.05, 0.1) is 6.42 Å². The van der Waals surface area contributed by atoms with Crippen molar-refractivity contribution >= 4 is 23.9 Å². The molecule has 3 aliphatic heterocycles. The van der Waals surface area contributed by atoms with E-state index in [9.17, 15) is 4.79 Å². The molecule has 6 rings (SSSR count). The number of likely N-dealkylation sites (tertiary alicyclic amines) is 1. The standard InChI is InChI=1S/C23H29N5O.C8H10.CH2O2/c29-22(28-10-7-23(16-28)6-9-25-15-23)11-17-1-3-20(4-2-17)27-21-12-19-13-24-8-5-18(19)14-26-21;1-2-8-6-4-3-5-7-8;2-1-3/h1-4,12,14,24-25H,5-11,13,15-16H2,(H,26,27);3-7H,2H2,1H3;1H,(H,2,3). The summed E-state index contributed by atoms with van der Waals surface area (Å²) in [5.41, 5.74) is 6.45. The Morgan fingerprint density at radius 1 is 1.05 bits per heavy atom. The highest BCUT2D eigenvalue weighted by atomic mass is 16.3. The number of fused-ring (bicyclic) bond motifs is 1. The molecule has 1 spiro atoms. The molecule has 212 valence electrons. The third-order valence-corrected chi connectivity index (χ3v) is 7.93. The van der Waals surface area contributed by atoms with Gasteiger partial charge < -0.3 is 26.0 Å². The molecule has 2 fully saturated rings. The zero-order chi connectivity index (χ0) is 28.2. The molecular formula is C32H41N5O3. The van der Waals surface area contributed by atoms with Crippen LogP contribution in [0.5, 0.6) is 0 Å². The summed E-state index contributed by atoms with van der Waals surface area (Å²) in [5, 5.41) is 17.1. The molecule has 2 saturated heterocycles. The number of carbonyl (C=O) groups is 2. The number of hydrogen-bond donors (Lipinski definition) is 4. The van der Waals surface area contributed by atoms with Crippen LogP contribution in [0.15, 0.2) is 66.9 Å². The number of aromatic nitrogens is 1. The minimum Gasteiger partial charge on any atom is -0.483 e. The molecule has 3 aliphatic rings. The van der Waals surface area contributed by atoms with Crippen molar-refractivity contribution in [2.75, 3.05) is 38.0 Å². The van der Waals surface area contributed by atoms with Gasteiger partial charge in [-0.3, -0.25) is 9.59 Å². The summed E-state index contributed by atoms with van der Waals surface area (Å²) < 4.78 is 0. The third-order valence-electron chi connectivity index (χ3n) is 7.93. The lowest BCUT2D eigenvalue weighted by atomic mass is 9.86. The average molecular weight is 544 g/mol. The number of pyridine rings is 1. The number of amides is 1.